The van der Waals surface area contributed by atoms with Crippen molar-refractivity contribution in [3.05, 3.63) is 47.0 Å². The van der Waals surface area contributed by atoms with Gasteiger partial charge in [0.05, 0.1) is 13.2 Å². The van der Waals surface area contributed by atoms with Crippen molar-refractivity contribution in [2.24, 2.45) is 11.8 Å². The maximum Gasteiger partial charge on any atom is 0.328 e. The number of hydrogen-bond donors (Lipinski definition) is 5. The van der Waals surface area contributed by atoms with Crippen LogP contribution in [0.4, 0.5) is 4.79 Å². The zero-order chi connectivity index (χ0) is 30.5. The van der Waals surface area contributed by atoms with Gasteiger partial charge in [-0.25, -0.2) is 9.59 Å². The van der Waals surface area contributed by atoms with Crippen LogP contribution in [0.25, 0.3) is 0 Å². The minimum Gasteiger partial charge on any atom is -0.467 e. The molecule has 0 fully saturated rings. The smallest absolute Gasteiger partial charge is 0.328 e. The molecule has 1 heterocycles. The number of ether oxygens (including phenoxy) is 1. The molecule has 12 heteroatoms. The maximum atomic E-state index is 13.4. The van der Waals surface area contributed by atoms with E-state index in [0.717, 1.165) is 5.56 Å². The van der Waals surface area contributed by atoms with Crippen LogP contribution in [0.15, 0.2) is 36.4 Å². The van der Waals surface area contributed by atoms with Crippen LogP contribution in [0.3, 0.4) is 0 Å². The van der Waals surface area contributed by atoms with E-state index in [0.29, 0.717) is 37.3 Å². The Morgan fingerprint density at radius 1 is 1.05 bits per heavy atom. The predicted molar refractivity (Wildman–Crippen MR) is 156 cm³/mol. The molecule has 226 valence electrons. The van der Waals surface area contributed by atoms with Crippen molar-refractivity contribution in [1.29, 1.82) is 0 Å². The number of halogens is 1. The molecule has 0 radical (unpaired) electrons. The number of carbonyl (C=O) groups excluding carboxylic acids is 5. The Hall–Kier alpha value is -3.60. The molecule has 2 rings (SSSR count). The average Bonchev–Trinajstić information content (AvgIpc) is 2.90. The topological polar surface area (TPSA) is 155 Å². The molecule has 0 bridgehead atoms. The van der Waals surface area contributed by atoms with Gasteiger partial charge in [0.25, 0.3) is 0 Å². The van der Waals surface area contributed by atoms with Crippen molar-refractivity contribution >= 4 is 41.3 Å². The Bertz CT molecular complexity index is 1110. The highest BCUT2D eigenvalue weighted by Crippen LogP contribution is 2.14. The van der Waals surface area contributed by atoms with Crippen LogP contribution in [0.2, 0.25) is 5.02 Å². The summed E-state index contributed by atoms with van der Waals surface area (Å²) in [6, 6.07) is 3.22. The van der Waals surface area contributed by atoms with Gasteiger partial charge in [-0.3, -0.25) is 14.4 Å². The number of carbonyl (C=O) groups is 5. The van der Waals surface area contributed by atoms with E-state index in [1.165, 1.54) is 13.2 Å². The number of nitrogens with one attached hydrogen (secondary N) is 5. The first-order chi connectivity index (χ1) is 19.4. The molecule has 0 unspecified atom stereocenters. The summed E-state index contributed by atoms with van der Waals surface area (Å²) >= 11 is 6.12. The van der Waals surface area contributed by atoms with Crippen LogP contribution >= 0.6 is 11.6 Å². The van der Waals surface area contributed by atoms with Gasteiger partial charge in [0.15, 0.2) is 0 Å². The Morgan fingerprint density at radius 2 is 1.73 bits per heavy atom. The lowest BCUT2D eigenvalue weighted by Gasteiger charge is -2.27. The SMILES string of the molecule is COC(=O)[C@@H](NC(=O)N[C@H](C(=O)N[C@H]1CCCCNC(=O)/C=C/[C@H](Cc2cccc(Cl)c2)NC1=O)C(C)C)C(C)C. The van der Waals surface area contributed by atoms with Crippen molar-refractivity contribution < 1.29 is 28.7 Å². The molecule has 0 saturated heterocycles. The number of rotatable bonds is 9. The monoisotopic (exact) mass is 591 g/mol. The van der Waals surface area contributed by atoms with E-state index in [-0.39, 0.29) is 17.7 Å². The van der Waals surface area contributed by atoms with Crippen LogP contribution < -0.4 is 26.6 Å². The fraction of sp³-hybridized carbons (Fsp3) is 0.552. The molecule has 41 heavy (non-hydrogen) atoms. The van der Waals surface area contributed by atoms with Gasteiger partial charge in [0, 0.05) is 17.6 Å². The Labute approximate surface area is 246 Å². The van der Waals surface area contributed by atoms with Gasteiger partial charge < -0.3 is 31.3 Å². The number of benzene rings is 1. The second-order valence-electron chi connectivity index (χ2n) is 10.7. The minimum absolute atomic E-state index is 0.238. The molecular weight excluding hydrogens is 550 g/mol. The van der Waals surface area contributed by atoms with Gasteiger partial charge >= 0.3 is 12.0 Å². The fourth-order valence-electron chi connectivity index (χ4n) is 4.33. The van der Waals surface area contributed by atoms with Crippen LogP contribution in [0, 0.1) is 11.8 Å². The molecular formula is C29H42ClN5O6. The summed E-state index contributed by atoms with van der Waals surface area (Å²) < 4.78 is 4.76. The standard InChI is InChI=1S/C29H42ClN5O6/c1-17(2)24(34-29(40)35-25(18(3)4)28(39)41-5)27(38)33-22-11-6-7-14-31-23(36)13-12-21(32-26(22)37)16-19-9-8-10-20(30)15-19/h8-10,12-13,15,17-18,21-22,24-25H,6-7,11,14,16H2,1-5H3,(H,31,36)(H,32,37)(H,33,38)(H2,34,35,40)/b13-12+/t21-,22+,24+,25+/m1/s1. The number of methoxy groups -OCH3 is 1. The van der Waals surface area contributed by atoms with E-state index in [2.05, 4.69) is 26.6 Å². The Balaban J connectivity index is 2.18. The largest absolute Gasteiger partial charge is 0.467 e. The first kappa shape index (κ1) is 33.6. The zero-order valence-electron chi connectivity index (χ0n) is 24.3. The molecule has 5 amide bonds. The maximum absolute atomic E-state index is 13.4. The van der Waals surface area contributed by atoms with Crippen molar-refractivity contribution in [3.63, 3.8) is 0 Å². The van der Waals surface area contributed by atoms with Gasteiger partial charge in [-0.05, 0) is 55.2 Å². The van der Waals surface area contributed by atoms with Crippen LogP contribution in [0.1, 0.15) is 52.5 Å². The zero-order valence-corrected chi connectivity index (χ0v) is 25.0. The highest BCUT2D eigenvalue weighted by molar-refractivity contribution is 6.30. The van der Waals surface area contributed by atoms with Crippen molar-refractivity contribution in [2.45, 2.75) is 77.5 Å². The molecule has 0 saturated carbocycles. The van der Waals surface area contributed by atoms with Gasteiger partial charge in [0.2, 0.25) is 17.7 Å². The second-order valence-corrected chi connectivity index (χ2v) is 11.2. The molecule has 1 aliphatic rings. The third-order valence-corrected chi connectivity index (χ3v) is 6.88. The molecule has 4 atom stereocenters. The third kappa shape index (κ3) is 11.4. The lowest BCUT2D eigenvalue weighted by molar-refractivity contribution is -0.144. The second kappa shape index (κ2) is 16.6. The highest BCUT2D eigenvalue weighted by atomic mass is 35.5. The molecule has 0 spiro atoms. The number of esters is 1. The number of amides is 5. The summed E-state index contributed by atoms with van der Waals surface area (Å²) in [5.74, 6) is -2.34. The summed E-state index contributed by atoms with van der Waals surface area (Å²) in [6.07, 6.45) is 4.89. The van der Waals surface area contributed by atoms with E-state index in [4.69, 9.17) is 16.3 Å². The van der Waals surface area contributed by atoms with E-state index in [1.807, 2.05) is 6.07 Å². The van der Waals surface area contributed by atoms with E-state index >= 15 is 0 Å². The molecule has 11 nitrogen and oxygen atoms in total. The van der Waals surface area contributed by atoms with Crippen LogP contribution in [-0.4, -0.2) is 67.5 Å². The average molecular weight is 592 g/mol. The summed E-state index contributed by atoms with van der Waals surface area (Å²) in [6.45, 7) is 7.48. The first-order valence-corrected chi connectivity index (χ1v) is 14.2. The summed E-state index contributed by atoms with van der Waals surface area (Å²) in [7, 11) is 1.24. The van der Waals surface area contributed by atoms with Crippen LogP contribution in [-0.2, 0) is 30.3 Å². The van der Waals surface area contributed by atoms with Crippen molar-refractivity contribution in [1.82, 2.24) is 26.6 Å². The quantitative estimate of drug-likeness (QED) is 0.277. The van der Waals surface area contributed by atoms with E-state index in [9.17, 15) is 24.0 Å². The highest BCUT2D eigenvalue weighted by Gasteiger charge is 2.31. The Morgan fingerprint density at radius 3 is 2.37 bits per heavy atom. The Kier molecular flexibility index (Phi) is 13.6. The van der Waals surface area contributed by atoms with Crippen molar-refractivity contribution in [3.8, 4) is 0 Å². The number of urea groups is 1. The van der Waals surface area contributed by atoms with Gasteiger partial charge in [-0.1, -0.05) is 57.5 Å². The van der Waals surface area contributed by atoms with Gasteiger partial charge in [0.1, 0.15) is 18.1 Å². The summed E-state index contributed by atoms with van der Waals surface area (Å²) in [4.78, 5) is 63.7. The lowest BCUT2D eigenvalue weighted by atomic mass is 10.0. The number of hydrogen-bond acceptors (Lipinski definition) is 6. The van der Waals surface area contributed by atoms with E-state index < -0.39 is 48.0 Å². The third-order valence-electron chi connectivity index (χ3n) is 6.65. The normalized spacial score (nSPS) is 20.4. The van der Waals surface area contributed by atoms with Gasteiger partial charge in [-0.15, -0.1) is 0 Å². The van der Waals surface area contributed by atoms with E-state index in [1.54, 1.807) is 52.0 Å². The fourth-order valence-corrected chi connectivity index (χ4v) is 4.54. The predicted octanol–water partition coefficient (Wildman–Crippen LogP) is 2.23. The summed E-state index contributed by atoms with van der Waals surface area (Å²) in [5.41, 5.74) is 0.863. The minimum atomic E-state index is -0.976. The lowest BCUT2D eigenvalue weighted by Crippen LogP contribution is -2.59. The van der Waals surface area contributed by atoms with Crippen molar-refractivity contribution in [2.75, 3.05) is 13.7 Å². The van der Waals surface area contributed by atoms with Crippen LogP contribution in [0.5, 0.6) is 0 Å². The molecule has 5 N–H and O–H groups in total. The first-order valence-electron chi connectivity index (χ1n) is 13.9. The molecule has 1 aromatic carbocycles. The molecule has 1 aliphatic heterocycles. The molecule has 0 aliphatic carbocycles. The molecule has 1 aromatic rings. The van der Waals surface area contributed by atoms with Gasteiger partial charge in [-0.2, -0.15) is 0 Å². The summed E-state index contributed by atoms with van der Waals surface area (Å²) in [5, 5.41) is 14.3. The molecule has 0 aromatic heterocycles.